The van der Waals surface area contributed by atoms with Crippen LogP contribution in [0.2, 0.25) is 5.02 Å². The lowest BCUT2D eigenvalue weighted by Crippen LogP contribution is -2.39. The third kappa shape index (κ3) is 4.94. The van der Waals surface area contributed by atoms with Crippen molar-refractivity contribution >= 4 is 29.1 Å². The van der Waals surface area contributed by atoms with Gasteiger partial charge in [0.15, 0.2) is 0 Å². The monoisotopic (exact) mass is 479 g/mol. The molecule has 0 unspecified atom stereocenters. The van der Waals surface area contributed by atoms with Crippen LogP contribution in [0.25, 0.3) is 0 Å². The highest BCUT2D eigenvalue weighted by Crippen LogP contribution is 2.34. The number of benzene rings is 3. The highest BCUT2D eigenvalue weighted by molar-refractivity contribution is 6.30. The highest BCUT2D eigenvalue weighted by Gasteiger charge is 2.34. The van der Waals surface area contributed by atoms with Gasteiger partial charge in [0.1, 0.15) is 18.1 Å². The van der Waals surface area contributed by atoms with E-state index in [1.807, 2.05) is 36.4 Å². The van der Waals surface area contributed by atoms with E-state index in [-0.39, 0.29) is 24.1 Å². The Morgan fingerprint density at radius 3 is 2.56 bits per heavy atom. The topological polar surface area (TPSA) is 62.2 Å². The Hall–Kier alpha value is -3.71. The number of nitrogens with zero attached hydrogens (tertiary/aromatic N) is 3. The van der Waals surface area contributed by atoms with Crippen molar-refractivity contribution in [1.82, 2.24) is 9.91 Å². The van der Waals surface area contributed by atoms with Gasteiger partial charge < -0.3 is 9.64 Å². The summed E-state index contributed by atoms with van der Waals surface area (Å²) in [6.45, 7) is -0.258. The fraction of sp³-hybridized carbons (Fsp3) is 0.192. The van der Waals surface area contributed by atoms with E-state index in [2.05, 4.69) is 5.10 Å². The molecule has 3 aromatic rings. The first-order valence-corrected chi connectivity index (χ1v) is 11.0. The quantitative estimate of drug-likeness (QED) is 0.503. The predicted octanol–water partition coefficient (Wildman–Crippen LogP) is 4.94. The summed E-state index contributed by atoms with van der Waals surface area (Å²) < 4.78 is 19.4. The molecule has 1 atom stereocenters. The molecule has 4 rings (SSSR count). The highest BCUT2D eigenvalue weighted by atomic mass is 35.5. The molecule has 0 bridgehead atoms. The number of carbonyl (C=O) groups is 2. The van der Waals surface area contributed by atoms with Crippen molar-refractivity contribution in [2.75, 3.05) is 20.7 Å². The lowest BCUT2D eigenvalue weighted by Gasteiger charge is -2.25. The second-order valence-corrected chi connectivity index (χ2v) is 8.37. The summed E-state index contributed by atoms with van der Waals surface area (Å²) in [7, 11) is 3.05. The number of methoxy groups -OCH3 is 1. The Kier molecular flexibility index (Phi) is 6.93. The molecule has 3 aromatic carbocycles. The van der Waals surface area contributed by atoms with Gasteiger partial charge in [0.05, 0.1) is 24.4 Å². The van der Waals surface area contributed by atoms with E-state index in [1.165, 1.54) is 35.2 Å². The molecule has 8 heteroatoms. The minimum absolute atomic E-state index is 0.0888. The van der Waals surface area contributed by atoms with Crippen molar-refractivity contribution in [2.45, 2.75) is 12.5 Å². The molecule has 1 heterocycles. The molecule has 0 N–H and O–H groups in total. The molecular weight excluding hydrogens is 457 g/mol. The maximum atomic E-state index is 14.1. The molecule has 0 aromatic heterocycles. The summed E-state index contributed by atoms with van der Waals surface area (Å²) in [6, 6.07) is 20.0. The molecule has 0 radical (unpaired) electrons. The van der Waals surface area contributed by atoms with Crippen LogP contribution in [0.1, 0.15) is 33.9 Å². The predicted molar refractivity (Wildman–Crippen MR) is 129 cm³/mol. The zero-order chi connectivity index (χ0) is 24.2. The molecule has 6 nitrogen and oxygen atoms in total. The number of hydrazone groups is 1. The van der Waals surface area contributed by atoms with E-state index >= 15 is 0 Å². The van der Waals surface area contributed by atoms with Crippen LogP contribution in [-0.4, -0.2) is 48.1 Å². The molecular formula is C26H23ClFN3O3. The third-order valence-corrected chi connectivity index (χ3v) is 5.90. The van der Waals surface area contributed by atoms with Gasteiger partial charge in [-0.1, -0.05) is 48.0 Å². The molecule has 174 valence electrons. The Morgan fingerprint density at radius 2 is 1.85 bits per heavy atom. The molecule has 0 spiro atoms. The molecule has 0 fully saturated rings. The van der Waals surface area contributed by atoms with Gasteiger partial charge in [0.2, 0.25) is 0 Å². The van der Waals surface area contributed by atoms with Crippen molar-refractivity contribution in [2.24, 2.45) is 5.10 Å². The lowest BCUT2D eigenvalue weighted by molar-refractivity contribution is -0.133. The average Bonchev–Trinajstić information content (AvgIpc) is 3.30. The van der Waals surface area contributed by atoms with E-state index in [0.717, 1.165) is 16.8 Å². The normalized spacial score (nSPS) is 15.1. The average molecular weight is 480 g/mol. The van der Waals surface area contributed by atoms with Crippen LogP contribution >= 0.6 is 11.6 Å². The van der Waals surface area contributed by atoms with Crippen molar-refractivity contribution in [3.8, 4) is 5.75 Å². The van der Waals surface area contributed by atoms with Gasteiger partial charge in [-0.15, -0.1) is 0 Å². The maximum absolute atomic E-state index is 14.1. The molecule has 0 saturated heterocycles. The molecule has 2 amide bonds. The first kappa shape index (κ1) is 23.4. The molecule has 0 saturated carbocycles. The summed E-state index contributed by atoms with van der Waals surface area (Å²) in [4.78, 5) is 27.2. The van der Waals surface area contributed by atoms with Crippen LogP contribution in [0.15, 0.2) is 77.9 Å². The van der Waals surface area contributed by atoms with Crippen LogP contribution in [0.5, 0.6) is 5.75 Å². The van der Waals surface area contributed by atoms with Crippen LogP contribution < -0.4 is 4.74 Å². The summed E-state index contributed by atoms with van der Waals surface area (Å²) >= 11 is 6.05. The van der Waals surface area contributed by atoms with Crippen molar-refractivity contribution in [3.05, 3.63) is 100 Å². The SMILES string of the molecule is COc1cccc(C2=NN(C(=O)CN(C)C(=O)c3ccccc3F)[C@H](c3ccc(Cl)cc3)C2)c1. The maximum Gasteiger partial charge on any atom is 0.262 e. The van der Waals surface area contributed by atoms with Crippen LogP contribution in [0, 0.1) is 5.82 Å². The van der Waals surface area contributed by atoms with E-state index < -0.39 is 11.7 Å². The third-order valence-electron chi connectivity index (χ3n) is 5.65. The van der Waals surface area contributed by atoms with Crippen molar-refractivity contribution in [3.63, 3.8) is 0 Å². The van der Waals surface area contributed by atoms with Gasteiger partial charge >= 0.3 is 0 Å². The van der Waals surface area contributed by atoms with Gasteiger partial charge in [-0.3, -0.25) is 9.59 Å². The lowest BCUT2D eigenvalue weighted by atomic mass is 9.98. The standard InChI is InChI=1S/C26H23ClFN3O3/c1-30(26(33)21-8-3-4-9-22(21)28)16-25(32)31-24(17-10-12-19(27)13-11-17)15-23(29-31)18-6-5-7-20(14-18)34-2/h3-14,24H,15-16H2,1-2H3/t24-/m0/s1. The summed E-state index contributed by atoms with van der Waals surface area (Å²) in [5, 5.41) is 6.60. The van der Waals surface area contributed by atoms with Gasteiger partial charge in [-0.25, -0.2) is 9.40 Å². The van der Waals surface area contributed by atoms with Crippen molar-refractivity contribution in [1.29, 1.82) is 0 Å². The van der Waals surface area contributed by atoms with Gasteiger partial charge in [0.25, 0.3) is 11.8 Å². The molecule has 0 aliphatic carbocycles. The minimum Gasteiger partial charge on any atom is -0.497 e. The number of hydrogen-bond acceptors (Lipinski definition) is 4. The molecule has 34 heavy (non-hydrogen) atoms. The number of amides is 2. The number of ether oxygens (including phenoxy) is 1. The van der Waals surface area contributed by atoms with E-state index in [0.29, 0.717) is 17.2 Å². The summed E-state index contributed by atoms with van der Waals surface area (Å²) in [5.74, 6) is -0.913. The fourth-order valence-electron chi connectivity index (χ4n) is 3.85. The van der Waals surface area contributed by atoms with E-state index in [9.17, 15) is 14.0 Å². The van der Waals surface area contributed by atoms with Crippen molar-refractivity contribution < 1.29 is 18.7 Å². The Balaban J connectivity index is 1.61. The summed E-state index contributed by atoms with van der Waals surface area (Å²) in [6.07, 6.45) is 0.478. The number of rotatable bonds is 6. The fourth-order valence-corrected chi connectivity index (χ4v) is 3.98. The number of hydrogen-bond donors (Lipinski definition) is 0. The Morgan fingerprint density at radius 1 is 1.12 bits per heavy atom. The van der Waals surface area contributed by atoms with Gasteiger partial charge in [0, 0.05) is 24.1 Å². The summed E-state index contributed by atoms with van der Waals surface area (Å²) in [5.41, 5.74) is 2.33. The Labute approximate surface area is 202 Å². The first-order valence-electron chi connectivity index (χ1n) is 10.7. The minimum atomic E-state index is -0.634. The Bertz CT molecular complexity index is 1250. The first-order chi connectivity index (χ1) is 16.4. The zero-order valence-electron chi connectivity index (χ0n) is 18.7. The van der Waals surface area contributed by atoms with Crippen LogP contribution in [0.4, 0.5) is 4.39 Å². The second-order valence-electron chi connectivity index (χ2n) is 7.93. The van der Waals surface area contributed by atoms with Gasteiger partial charge in [-0.2, -0.15) is 5.10 Å². The molecule has 1 aliphatic heterocycles. The van der Waals surface area contributed by atoms with Crippen LogP contribution in [0.3, 0.4) is 0 Å². The second kappa shape index (κ2) is 10.1. The number of halogens is 2. The molecule has 1 aliphatic rings. The zero-order valence-corrected chi connectivity index (χ0v) is 19.5. The number of carbonyl (C=O) groups excluding carboxylic acids is 2. The van der Waals surface area contributed by atoms with Crippen LogP contribution in [-0.2, 0) is 4.79 Å². The largest absolute Gasteiger partial charge is 0.497 e. The van der Waals surface area contributed by atoms with Gasteiger partial charge in [-0.05, 0) is 42.0 Å². The van der Waals surface area contributed by atoms with E-state index in [1.54, 1.807) is 25.3 Å². The van der Waals surface area contributed by atoms with E-state index in [4.69, 9.17) is 16.3 Å². The smallest absolute Gasteiger partial charge is 0.262 e. The number of likely N-dealkylation sites (N-methyl/N-ethyl adjacent to an activating group) is 1.